The summed E-state index contributed by atoms with van der Waals surface area (Å²) in [7, 11) is 0. The van der Waals surface area contributed by atoms with Crippen molar-refractivity contribution in [1.29, 1.82) is 0 Å². The molecule has 2 rings (SSSR count). The topological polar surface area (TPSA) is 59.0 Å². The van der Waals surface area contributed by atoms with Crippen LogP contribution in [0.4, 0.5) is 18.0 Å². The first kappa shape index (κ1) is 15.7. The van der Waals surface area contributed by atoms with Crippen LogP contribution in [-0.4, -0.2) is 28.9 Å². The molecule has 1 aromatic rings. The minimum Gasteiger partial charge on any atom is -0.338 e. The van der Waals surface area contributed by atoms with Gasteiger partial charge in [-0.1, -0.05) is 0 Å². The van der Waals surface area contributed by atoms with Crippen molar-refractivity contribution >= 4 is 6.03 Å². The highest BCUT2D eigenvalue weighted by molar-refractivity contribution is 5.73. The van der Waals surface area contributed by atoms with E-state index in [1.165, 1.54) is 4.68 Å². The van der Waals surface area contributed by atoms with Crippen LogP contribution < -0.4 is 10.6 Å². The molecule has 0 saturated heterocycles. The van der Waals surface area contributed by atoms with Gasteiger partial charge in [0.05, 0.1) is 6.54 Å². The summed E-state index contributed by atoms with van der Waals surface area (Å²) in [5.41, 5.74) is 0.216. The second kappa shape index (κ2) is 6.36. The molecule has 1 heterocycles. The molecule has 21 heavy (non-hydrogen) atoms. The van der Waals surface area contributed by atoms with E-state index in [0.717, 1.165) is 12.8 Å². The largest absolute Gasteiger partial charge is 0.435 e. The molecule has 0 bridgehead atoms. The molecule has 118 valence electrons. The van der Waals surface area contributed by atoms with E-state index < -0.39 is 11.9 Å². The number of nitrogens with one attached hydrogen (secondary N) is 2. The zero-order valence-corrected chi connectivity index (χ0v) is 11.9. The first-order chi connectivity index (χ1) is 9.93. The Labute approximate surface area is 120 Å². The first-order valence-electron chi connectivity index (χ1n) is 7.11. The summed E-state index contributed by atoms with van der Waals surface area (Å²) in [6.07, 6.45) is -1.74. The molecule has 0 radical (unpaired) electrons. The van der Waals surface area contributed by atoms with E-state index >= 15 is 0 Å². The number of nitrogens with zero attached hydrogens (tertiary/aromatic N) is 2. The maximum absolute atomic E-state index is 13.0. The monoisotopic (exact) mass is 304 g/mol. The van der Waals surface area contributed by atoms with Crippen LogP contribution in [0.25, 0.3) is 0 Å². The molecule has 0 spiro atoms. The van der Waals surface area contributed by atoms with E-state index in [-0.39, 0.29) is 19.1 Å². The Morgan fingerprint density at radius 2 is 2.00 bits per heavy atom. The van der Waals surface area contributed by atoms with Gasteiger partial charge in [0, 0.05) is 24.3 Å². The van der Waals surface area contributed by atoms with Crippen molar-refractivity contribution in [2.45, 2.75) is 45.3 Å². The summed E-state index contributed by atoms with van der Waals surface area (Å²) < 4.78 is 40.3. The Morgan fingerprint density at radius 3 is 2.67 bits per heavy atom. The van der Waals surface area contributed by atoms with Crippen LogP contribution in [0.1, 0.15) is 36.7 Å². The fraction of sp³-hybridized carbons (Fsp3) is 0.692. The Hall–Kier alpha value is -1.73. The highest BCUT2D eigenvalue weighted by atomic mass is 19.4. The van der Waals surface area contributed by atoms with E-state index in [0.29, 0.717) is 30.6 Å². The van der Waals surface area contributed by atoms with Crippen LogP contribution in [0.5, 0.6) is 0 Å². The number of hydrogen-bond donors (Lipinski definition) is 2. The average molecular weight is 304 g/mol. The molecule has 2 amide bonds. The van der Waals surface area contributed by atoms with Crippen LogP contribution in [0.3, 0.4) is 0 Å². The summed E-state index contributed by atoms with van der Waals surface area (Å²) in [5, 5.41) is 8.88. The smallest absolute Gasteiger partial charge is 0.338 e. The summed E-state index contributed by atoms with van der Waals surface area (Å²) in [5.74, 6) is 0. The molecular weight excluding hydrogens is 285 g/mol. The number of carbonyl (C=O) groups is 1. The standard InChI is InChI=1S/C13H19F3N4O/c1-2-17-12(21)18-7-8-20-10-6-4-3-5-9(10)11(19-20)13(14,15)16/h2-8H2,1H3,(H2,17,18,21). The minimum absolute atomic E-state index is 0.246. The predicted octanol–water partition coefficient (Wildman–Crippen LogP) is 2.10. The number of rotatable bonds is 4. The zero-order valence-electron chi connectivity index (χ0n) is 11.9. The highest BCUT2D eigenvalue weighted by Crippen LogP contribution is 2.35. The summed E-state index contributed by atoms with van der Waals surface area (Å²) in [6, 6.07) is -0.324. The molecule has 2 N–H and O–H groups in total. The van der Waals surface area contributed by atoms with Gasteiger partial charge in [-0.3, -0.25) is 4.68 Å². The quantitative estimate of drug-likeness (QED) is 0.895. The lowest BCUT2D eigenvalue weighted by Crippen LogP contribution is -2.37. The fourth-order valence-corrected chi connectivity index (χ4v) is 2.58. The first-order valence-corrected chi connectivity index (χ1v) is 7.11. The van der Waals surface area contributed by atoms with E-state index in [2.05, 4.69) is 15.7 Å². The molecule has 0 unspecified atom stereocenters. The van der Waals surface area contributed by atoms with Crippen molar-refractivity contribution in [3.05, 3.63) is 17.0 Å². The number of halogens is 3. The molecule has 0 aromatic carbocycles. The Kier molecular flexibility index (Phi) is 4.74. The highest BCUT2D eigenvalue weighted by Gasteiger charge is 2.39. The van der Waals surface area contributed by atoms with Gasteiger partial charge in [0.15, 0.2) is 5.69 Å². The normalized spacial score (nSPS) is 14.7. The lowest BCUT2D eigenvalue weighted by atomic mass is 9.95. The molecule has 0 aliphatic heterocycles. The van der Waals surface area contributed by atoms with Crippen molar-refractivity contribution in [1.82, 2.24) is 20.4 Å². The number of aromatic nitrogens is 2. The van der Waals surface area contributed by atoms with Crippen molar-refractivity contribution in [2.24, 2.45) is 0 Å². The molecule has 8 heteroatoms. The van der Waals surface area contributed by atoms with E-state index in [4.69, 9.17) is 0 Å². The molecule has 5 nitrogen and oxygen atoms in total. The average Bonchev–Trinajstić information content (AvgIpc) is 2.78. The van der Waals surface area contributed by atoms with Crippen molar-refractivity contribution in [2.75, 3.05) is 13.1 Å². The van der Waals surface area contributed by atoms with E-state index in [1.54, 1.807) is 6.92 Å². The molecule has 1 aliphatic carbocycles. The van der Waals surface area contributed by atoms with Crippen molar-refractivity contribution in [3.8, 4) is 0 Å². The van der Waals surface area contributed by atoms with Gasteiger partial charge >= 0.3 is 12.2 Å². The second-order valence-corrected chi connectivity index (χ2v) is 4.99. The number of hydrogen-bond acceptors (Lipinski definition) is 2. The van der Waals surface area contributed by atoms with Gasteiger partial charge in [0.1, 0.15) is 0 Å². The van der Waals surface area contributed by atoms with E-state index in [1.807, 2.05) is 0 Å². The number of fused-ring (bicyclic) bond motifs is 1. The Balaban J connectivity index is 2.09. The summed E-state index contributed by atoms with van der Waals surface area (Å²) >= 11 is 0. The third kappa shape index (κ3) is 3.68. The van der Waals surface area contributed by atoms with Gasteiger partial charge in [0.2, 0.25) is 0 Å². The van der Waals surface area contributed by atoms with Crippen LogP contribution in [-0.2, 0) is 25.6 Å². The molecule has 1 aliphatic rings. The zero-order chi connectivity index (χ0) is 15.5. The number of alkyl halides is 3. The molecule has 0 saturated carbocycles. The predicted molar refractivity (Wildman–Crippen MR) is 70.9 cm³/mol. The maximum Gasteiger partial charge on any atom is 0.435 e. The minimum atomic E-state index is -4.42. The summed E-state index contributed by atoms with van der Waals surface area (Å²) in [6.45, 7) is 2.78. The van der Waals surface area contributed by atoms with E-state index in [9.17, 15) is 18.0 Å². The van der Waals surface area contributed by atoms with Gasteiger partial charge in [-0.25, -0.2) is 4.79 Å². The van der Waals surface area contributed by atoms with Crippen molar-refractivity contribution in [3.63, 3.8) is 0 Å². The third-order valence-corrected chi connectivity index (χ3v) is 3.47. The lowest BCUT2D eigenvalue weighted by Gasteiger charge is -2.15. The van der Waals surface area contributed by atoms with Crippen molar-refractivity contribution < 1.29 is 18.0 Å². The van der Waals surface area contributed by atoms with Gasteiger partial charge in [0.25, 0.3) is 0 Å². The number of amides is 2. The van der Waals surface area contributed by atoms with Crippen LogP contribution >= 0.6 is 0 Å². The SMILES string of the molecule is CCNC(=O)NCCn1nc(C(F)(F)F)c2c1CCCC2. The van der Waals surface area contributed by atoms with Crippen LogP contribution in [0.2, 0.25) is 0 Å². The van der Waals surface area contributed by atoms with Gasteiger partial charge in [-0.05, 0) is 32.6 Å². The molecular formula is C13H19F3N4O. The molecule has 1 aromatic heterocycles. The lowest BCUT2D eigenvalue weighted by molar-refractivity contribution is -0.142. The summed E-state index contributed by atoms with van der Waals surface area (Å²) in [4.78, 5) is 11.3. The van der Waals surface area contributed by atoms with Gasteiger partial charge < -0.3 is 10.6 Å². The van der Waals surface area contributed by atoms with Crippen LogP contribution in [0, 0.1) is 0 Å². The van der Waals surface area contributed by atoms with Gasteiger partial charge in [-0.2, -0.15) is 18.3 Å². The third-order valence-electron chi connectivity index (χ3n) is 3.47. The number of urea groups is 1. The Morgan fingerprint density at radius 1 is 1.29 bits per heavy atom. The van der Waals surface area contributed by atoms with Crippen LogP contribution in [0.15, 0.2) is 0 Å². The second-order valence-electron chi connectivity index (χ2n) is 4.99. The Bertz CT molecular complexity index is 510. The molecule has 0 atom stereocenters. The fourth-order valence-electron chi connectivity index (χ4n) is 2.58. The maximum atomic E-state index is 13.0. The molecule has 0 fully saturated rings. The number of carbonyl (C=O) groups excluding carboxylic acids is 1. The van der Waals surface area contributed by atoms with Gasteiger partial charge in [-0.15, -0.1) is 0 Å².